The van der Waals surface area contributed by atoms with Gasteiger partial charge in [0.15, 0.2) is 17.2 Å². The van der Waals surface area contributed by atoms with E-state index in [0.29, 0.717) is 0 Å². The van der Waals surface area contributed by atoms with Crippen LogP contribution in [-0.4, -0.2) is 112 Å². The van der Waals surface area contributed by atoms with E-state index in [9.17, 15) is 53.1 Å². The molecular weight excluding hydrogens is 711 g/mol. The molecule has 0 bridgehead atoms. The summed E-state index contributed by atoms with van der Waals surface area (Å²) in [6, 6.07) is 0. The second kappa shape index (κ2) is 15.2. The Labute approximate surface area is 272 Å². The summed E-state index contributed by atoms with van der Waals surface area (Å²) in [5, 5.41) is 26.0. The smallest absolute Gasteiger partial charge is 0.385 e. The normalized spacial score (nSPS) is 24.9. The summed E-state index contributed by atoms with van der Waals surface area (Å²) in [5.74, 6) is -1.48. The number of ether oxygens (including phenoxy) is 1. The Bertz CT molecular complexity index is 1620. The number of nitrogens with two attached hydrogens (primary N) is 1. The number of carbonyl (C=O) groups excluding carboxylic acids is 2. The minimum atomic E-state index is -5.56. The van der Waals surface area contributed by atoms with Crippen molar-refractivity contribution in [2.45, 2.75) is 57.3 Å². The maximum Gasteiger partial charge on any atom is 0.481 e. The van der Waals surface area contributed by atoms with Crippen LogP contribution in [0.4, 0.5) is 5.82 Å². The zero-order chi connectivity index (χ0) is 36.3. The van der Waals surface area contributed by atoms with Crippen molar-refractivity contribution < 1.29 is 75.7 Å². The van der Waals surface area contributed by atoms with Gasteiger partial charge in [-0.05, 0) is 13.8 Å². The predicted octanol–water partition coefficient (Wildman–Crippen LogP) is -1.71. The molecule has 270 valence electrons. The number of nitrogens with zero attached hydrogens (tertiary/aromatic N) is 4. The minimum absolute atomic E-state index is 0.0236. The lowest BCUT2D eigenvalue weighted by Crippen LogP contribution is -2.46. The largest absolute Gasteiger partial charge is 0.481 e. The number of nitrogens with one attached hydrogen (secondary N) is 2. The van der Waals surface area contributed by atoms with Gasteiger partial charge in [-0.25, -0.2) is 28.6 Å². The van der Waals surface area contributed by atoms with Crippen LogP contribution in [0.1, 0.15) is 27.2 Å². The second-order valence-electron chi connectivity index (χ2n) is 11.1. The van der Waals surface area contributed by atoms with E-state index in [-0.39, 0.29) is 36.5 Å². The van der Waals surface area contributed by atoms with E-state index in [1.54, 1.807) is 0 Å². The van der Waals surface area contributed by atoms with Gasteiger partial charge in [0.2, 0.25) is 11.8 Å². The Morgan fingerprint density at radius 3 is 2.42 bits per heavy atom. The fourth-order valence-electron chi connectivity index (χ4n) is 4.37. The molecule has 2 aromatic heterocycles. The number of phosphoric ester groups is 3. The van der Waals surface area contributed by atoms with E-state index in [1.807, 2.05) is 0 Å². The van der Waals surface area contributed by atoms with Crippen LogP contribution in [0.5, 0.6) is 0 Å². The molecule has 23 nitrogen and oxygen atoms in total. The lowest BCUT2D eigenvalue weighted by Gasteiger charge is -2.30. The van der Waals surface area contributed by atoms with Gasteiger partial charge in [-0.2, -0.15) is 4.31 Å². The molecule has 0 aromatic carbocycles. The van der Waals surface area contributed by atoms with E-state index in [4.69, 9.17) is 26.4 Å². The average molecular weight is 747 g/mol. The summed E-state index contributed by atoms with van der Waals surface area (Å²) < 4.78 is 62.2. The van der Waals surface area contributed by atoms with E-state index in [1.165, 1.54) is 20.8 Å². The van der Waals surface area contributed by atoms with Crippen LogP contribution in [0.3, 0.4) is 0 Å². The Morgan fingerprint density at radius 1 is 1.15 bits per heavy atom. The van der Waals surface area contributed by atoms with Crippen molar-refractivity contribution in [3.05, 3.63) is 19.6 Å². The molecule has 2 aromatic rings. The summed E-state index contributed by atoms with van der Waals surface area (Å²) in [7, 11) is -16.4. The molecule has 3 rings (SSSR count). The number of aliphatic hydroxyl groups is 2. The van der Waals surface area contributed by atoms with Crippen LogP contribution >= 0.6 is 23.5 Å². The molecule has 1 fully saturated rings. The summed E-state index contributed by atoms with van der Waals surface area (Å²) in [4.78, 5) is 74.7. The van der Waals surface area contributed by atoms with Crippen LogP contribution < -0.4 is 16.4 Å². The molecule has 0 spiro atoms. The third-order valence-corrected chi connectivity index (χ3v) is 9.96. The highest BCUT2D eigenvalue weighted by molar-refractivity contribution is 7.61. The van der Waals surface area contributed by atoms with Crippen molar-refractivity contribution in [3.8, 4) is 0 Å². The third kappa shape index (κ3) is 10.1. The van der Waals surface area contributed by atoms with Gasteiger partial charge in [0, 0.05) is 24.9 Å². The Kier molecular flexibility index (Phi) is 12.7. The van der Waals surface area contributed by atoms with Gasteiger partial charge in [0.1, 0.15) is 36.3 Å². The van der Waals surface area contributed by atoms with Crippen molar-refractivity contribution in [2.24, 2.45) is 5.41 Å². The quantitative estimate of drug-likeness (QED) is 0.0813. The first kappa shape index (κ1) is 40.0. The number of imidazole rings is 1. The predicted molar refractivity (Wildman–Crippen MR) is 159 cm³/mol. The monoisotopic (exact) mass is 747 g/mol. The second-order valence-corrected chi connectivity index (χ2v) is 15.3. The maximum atomic E-state index is 12.6. The van der Waals surface area contributed by atoms with E-state index < -0.39 is 84.1 Å². The third-order valence-electron chi connectivity index (χ3n) is 6.86. The lowest BCUT2D eigenvalue weighted by molar-refractivity contribution is -0.137. The van der Waals surface area contributed by atoms with Gasteiger partial charge in [0.25, 0.3) is 0 Å². The number of aromatic nitrogens is 4. The molecule has 1 aliphatic rings. The molecule has 48 heavy (non-hydrogen) atoms. The summed E-state index contributed by atoms with van der Waals surface area (Å²) in [6.07, 6.45) is -5.41. The lowest BCUT2D eigenvalue weighted by atomic mass is 9.87. The number of phosphoric acid groups is 3. The van der Waals surface area contributed by atoms with Crippen molar-refractivity contribution in [1.82, 2.24) is 30.2 Å². The van der Waals surface area contributed by atoms with Crippen LogP contribution in [0.15, 0.2) is 12.7 Å². The molecule has 1 aliphatic heterocycles. The average Bonchev–Trinajstić information content (AvgIpc) is 3.50. The molecule has 3 heterocycles. The highest BCUT2D eigenvalue weighted by atomic mass is 31.3. The van der Waals surface area contributed by atoms with Crippen molar-refractivity contribution in [2.75, 3.05) is 32.0 Å². The Hall–Kier alpha value is -2.46. The van der Waals surface area contributed by atoms with E-state index >= 15 is 0 Å². The molecule has 2 amide bonds. The Balaban J connectivity index is 1.66. The van der Waals surface area contributed by atoms with E-state index in [0.717, 1.165) is 17.2 Å². The highest BCUT2D eigenvalue weighted by Crippen LogP contribution is 2.61. The maximum absolute atomic E-state index is 12.6. The summed E-state index contributed by atoms with van der Waals surface area (Å²) in [6.45, 7) is 6.61. The molecular formula is C22H36N7O16P3. The first-order valence-corrected chi connectivity index (χ1v) is 18.2. The number of hydrogen-bond acceptors (Lipinski definition) is 16. The fraction of sp³-hybridized carbons (Fsp3) is 0.636. The molecule has 0 saturated carbocycles. The van der Waals surface area contributed by atoms with Crippen LogP contribution in [0.2, 0.25) is 0 Å². The number of anilines is 1. The first-order chi connectivity index (χ1) is 22.0. The number of rotatable bonds is 17. The molecule has 0 aliphatic carbocycles. The topological polar surface area (TPSA) is 347 Å². The zero-order valence-electron chi connectivity index (χ0n) is 25.6. The number of carbonyl (C=O) groups is 2. The minimum Gasteiger partial charge on any atom is -0.385 e. The van der Waals surface area contributed by atoms with Gasteiger partial charge in [-0.15, -0.1) is 0 Å². The van der Waals surface area contributed by atoms with Gasteiger partial charge in [-0.3, -0.25) is 27.7 Å². The SMILES string of the molecule is [CH]CNC(=O)CCNC(=O)C(O)C(C)(C)COP(=O)(O)OP(=O)(O)OCC1OC(C)(n2cnc3c(N)ncnc32)C(O)C1OP(=O)(O)O. The molecule has 26 heteroatoms. The standard InChI is InChI=1S/C22H36N7O16P3/c1-5-24-13(30)6-7-25-20(33)17(32)21(2,3)9-42-48(39,40)45-47(37,38)41-8-12-15(44-46(34,35)36)16(31)22(4,43-12)29-11-28-14-18(23)26-10-27-19(14)29/h1,10-12,15-17,31-32H,5-9H2,2-4H3,(H,24,30)(H,25,33)(H,37,38)(H,39,40)(H2,23,26,27)(H2,34,35,36). The van der Waals surface area contributed by atoms with Crippen LogP contribution in [0, 0.1) is 12.3 Å². The van der Waals surface area contributed by atoms with Crippen molar-refractivity contribution >= 4 is 52.3 Å². The number of amides is 2. The molecule has 10 N–H and O–H groups in total. The molecule has 1 saturated heterocycles. The van der Waals surface area contributed by atoms with E-state index in [2.05, 4.69) is 34.4 Å². The number of hydrogen-bond donors (Lipinski definition) is 9. The van der Waals surface area contributed by atoms with Crippen molar-refractivity contribution in [3.63, 3.8) is 0 Å². The molecule has 7 atom stereocenters. The highest BCUT2D eigenvalue weighted by Gasteiger charge is 2.57. The van der Waals surface area contributed by atoms with Gasteiger partial charge >= 0.3 is 23.5 Å². The number of aliphatic hydroxyl groups excluding tert-OH is 2. The summed E-state index contributed by atoms with van der Waals surface area (Å²) >= 11 is 0. The fourth-order valence-corrected chi connectivity index (χ4v) is 7.19. The van der Waals surface area contributed by atoms with Gasteiger partial charge in [0.05, 0.1) is 19.5 Å². The number of nitrogen functional groups attached to an aromatic ring is 1. The van der Waals surface area contributed by atoms with Gasteiger partial charge in [-0.1, -0.05) is 13.8 Å². The Morgan fingerprint density at radius 2 is 1.79 bits per heavy atom. The van der Waals surface area contributed by atoms with Gasteiger partial charge < -0.3 is 50.9 Å². The molecule has 7 unspecified atom stereocenters. The van der Waals surface area contributed by atoms with Crippen LogP contribution in [0.25, 0.3) is 11.2 Å². The zero-order valence-corrected chi connectivity index (χ0v) is 28.2. The molecule has 2 radical (unpaired) electrons. The number of fused-ring (bicyclic) bond motifs is 1. The summed E-state index contributed by atoms with van der Waals surface area (Å²) in [5.41, 5.74) is 2.34. The van der Waals surface area contributed by atoms with Crippen LogP contribution in [-0.2, 0) is 51.6 Å². The van der Waals surface area contributed by atoms with Crippen molar-refractivity contribution in [1.29, 1.82) is 0 Å². The first-order valence-electron chi connectivity index (χ1n) is 13.6.